The molecule has 1 aliphatic rings. The van der Waals surface area contributed by atoms with E-state index in [1.54, 1.807) is 0 Å². The Morgan fingerprint density at radius 3 is 2.83 bits per heavy atom. The molecule has 1 aromatic rings. The number of nitrogens with zero attached hydrogens (tertiary/aromatic N) is 1. The van der Waals surface area contributed by atoms with Gasteiger partial charge in [0.15, 0.2) is 0 Å². The fraction of sp³-hybridized carbons (Fsp3) is 0.533. The molecular weight excluding hydrogens is 226 g/mol. The monoisotopic (exact) mass is 247 g/mol. The van der Waals surface area contributed by atoms with Crippen molar-refractivity contribution < 1.29 is 9.90 Å². The molecule has 0 aliphatic carbocycles. The van der Waals surface area contributed by atoms with Crippen LogP contribution in [0.5, 0.6) is 0 Å². The van der Waals surface area contributed by atoms with E-state index in [1.165, 1.54) is 16.7 Å². The van der Waals surface area contributed by atoms with Crippen LogP contribution in [0.1, 0.15) is 36.5 Å². The van der Waals surface area contributed by atoms with Crippen LogP contribution in [0.25, 0.3) is 0 Å². The third-order valence-electron chi connectivity index (χ3n) is 4.12. The van der Waals surface area contributed by atoms with E-state index in [1.807, 2.05) is 6.92 Å². The minimum Gasteiger partial charge on any atom is -0.480 e. The van der Waals surface area contributed by atoms with E-state index in [0.717, 1.165) is 25.9 Å². The van der Waals surface area contributed by atoms with Crippen molar-refractivity contribution in [2.45, 2.75) is 45.7 Å². The molecule has 1 unspecified atom stereocenters. The summed E-state index contributed by atoms with van der Waals surface area (Å²) in [6, 6.07) is 6.37. The molecule has 1 saturated heterocycles. The molecule has 1 heterocycles. The average Bonchev–Trinajstić information content (AvgIpc) is 2.67. The van der Waals surface area contributed by atoms with Crippen LogP contribution >= 0.6 is 0 Å². The Balaban J connectivity index is 2.23. The van der Waals surface area contributed by atoms with Crippen LogP contribution in [-0.2, 0) is 11.3 Å². The number of likely N-dealkylation sites (tertiary alicyclic amines) is 1. The zero-order valence-electron chi connectivity index (χ0n) is 11.4. The first-order chi connectivity index (χ1) is 8.43. The van der Waals surface area contributed by atoms with Gasteiger partial charge >= 0.3 is 5.97 Å². The molecule has 1 N–H and O–H groups in total. The van der Waals surface area contributed by atoms with E-state index in [2.05, 4.69) is 36.9 Å². The highest BCUT2D eigenvalue weighted by molar-refractivity contribution is 5.78. The van der Waals surface area contributed by atoms with Gasteiger partial charge in [-0.3, -0.25) is 9.69 Å². The summed E-state index contributed by atoms with van der Waals surface area (Å²) in [5.74, 6) is -0.703. The Bertz CT molecular complexity index is 470. The van der Waals surface area contributed by atoms with E-state index in [4.69, 9.17) is 0 Å². The van der Waals surface area contributed by atoms with Crippen LogP contribution in [0.3, 0.4) is 0 Å². The lowest BCUT2D eigenvalue weighted by atomic mass is 9.98. The highest BCUT2D eigenvalue weighted by Gasteiger charge is 2.43. The van der Waals surface area contributed by atoms with Gasteiger partial charge in [0.25, 0.3) is 0 Å². The lowest BCUT2D eigenvalue weighted by molar-refractivity contribution is -0.148. The summed E-state index contributed by atoms with van der Waals surface area (Å²) >= 11 is 0. The molecule has 0 radical (unpaired) electrons. The summed E-state index contributed by atoms with van der Waals surface area (Å²) in [5.41, 5.74) is 3.01. The van der Waals surface area contributed by atoms with Gasteiger partial charge in [-0.05, 0) is 51.3 Å². The molecule has 18 heavy (non-hydrogen) atoms. The summed E-state index contributed by atoms with van der Waals surface area (Å²) in [7, 11) is 0. The maximum Gasteiger partial charge on any atom is 0.323 e. The first-order valence-corrected chi connectivity index (χ1v) is 6.48. The number of hydrogen-bond acceptors (Lipinski definition) is 2. The maximum atomic E-state index is 11.4. The Morgan fingerprint density at radius 2 is 2.17 bits per heavy atom. The molecule has 0 saturated carbocycles. The van der Waals surface area contributed by atoms with E-state index in [9.17, 15) is 9.90 Å². The Hall–Kier alpha value is -1.35. The molecule has 0 bridgehead atoms. The highest BCUT2D eigenvalue weighted by Crippen LogP contribution is 2.31. The molecule has 2 rings (SSSR count). The van der Waals surface area contributed by atoms with Gasteiger partial charge in [-0.15, -0.1) is 0 Å². The number of benzene rings is 1. The van der Waals surface area contributed by atoms with Crippen LogP contribution < -0.4 is 0 Å². The molecule has 3 nitrogen and oxygen atoms in total. The number of carbonyl (C=O) groups is 1. The van der Waals surface area contributed by atoms with Crippen molar-refractivity contribution in [1.29, 1.82) is 0 Å². The smallest absolute Gasteiger partial charge is 0.323 e. The summed E-state index contributed by atoms with van der Waals surface area (Å²) in [6.07, 6.45) is 1.71. The van der Waals surface area contributed by atoms with Gasteiger partial charge in [0.1, 0.15) is 5.54 Å². The van der Waals surface area contributed by atoms with Crippen LogP contribution in [0.2, 0.25) is 0 Å². The average molecular weight is 247 g/mol. The summed E-state index contributed by atoms with van der Waals surface area (Å²) in [5, 5.41) is 9.40. The second-order valence-electron chi connectivity index (χ2n) is 5.53. The molecule has 0 spiro atoms. The van der Waals surface area contributed by atoms with Gasteiger partial charge < -0.3 is 5.11 Å². The van der Waals surface area contributed by atoms with Crippen molar-refractivity contribution in [3.8, 4) is 0 Å². The van der Waals surface area contributed by atoms with Crippen molar-refractivity contribution in [2.24, 2.45) is 0 Å². The van der Waals surface area contributed by atoms with Crippen molar-refractivity contribution >= 4 is 5.97 Å². The summed E-state index contributed by atoms with van der Waals surface area (Å²) < 4.78 is 0. The van der Waals surface area contributed by atoms with Gasteiger partial charge in [-0.2, -0.15) is 0 Å². The second-order valence-corrected chi connectivity index (χ2v) is 5.53. The van der Waals surface area contributed by atoms with Gasteiger partial charge in [0, 0.05) is 6.54 Å². The summed E-state index contributed by atoms with van der Waals surface area (Å²) in [4.78, 5) is 13.5. The van der Waals surface area contributed by atoms with Crippen LogP contribution in [0.15, 0.2) is 18.2 Å². The predicted molar refractivity (Wildman–Crippen MR) is 71.6 cm³/mol. The molecule has 98 valence electrons. The number of rotatable bonds is 3. The molecule has 0 amide bonds. The fourth-order valence-electron chi connectivity index (χ4n) is 2.69. The number of carboxylic acid groups (broad SMARTS) is 1. The third-order valence-corrected chi connectivity index (χ3v) is 4.12. The maximum absolute atomic E-state index is 11.4. The molecule has 0 aromatic heterocycles. The predicted octanol–water partition coefficient (Wildman–Crippen LogP) is 2.74. The van der Waals surface area contributed by atoms with Crippen LogP contribution in [-0.4, -0.2) is 28.1 Å². The standard InChI is InChI=1S/C15H21NO2/c1-11-5-6-12(2)13(9-11)10-16-8-4-7-15(16,3)14(17)18/h5-6,9H,4,7-8,10H2,1-3H3,(H,17,18). The number of carboxylic acids is 1. The number of hydrogen-bond donors (Lipinski definition) is 1. The van der Waals surface area contributed by atoms with E-state index in [0.29, 0.717) is 0 Å². The van der Waals surface area contributed by atoms with E-state index >= 15 is 0 Å². The minimum atomic E-state index is -0.703. The zero-order chi connectivity index (χ0) is 13.3. The Morgan fingerprint density at radius 1 is 1.44 bits per heavy atom. The number of aryl methyl sites for hydroxylation is 2. The lowest BCUT2D eigenvalue weighted by Crippen LogP contribution is -2.47. The van der Waals surface area contributed by atoms with Gasteiger partial charge in [0.05, 0.1) is 0 Å². The first-order valence-electron chi connectivity index (χ1n) is 6.48. The zero-order valence-corrected chi connectivity index (χ0v) is 11.4. The normalized spacial score (nSPS) is 24.4. The van der Waals surface area contributed by atoms with Crippen molar-refractivity contribution in [1.82, 2.24) is 4.90 Å². The van der Waals surface area contributed by atoms with Crippen molar-refractivity contribution in [3.05, 3.63) is 34.9 Å². The molecule has 1 aliphatic heterocycles. The fourth-order valence-corrected chi connectivity index (χ4v) is 2.69. The summed E-state index contributed by atoms with van der Waals surface area (Å²) in [6.45, 7) is 7.60. The van der Waals surface area contributed by atoms with Crippen LogP contribution in [0, 0.1) is 13.8 Å². The Kier molecular flexibility index (Phi) is 3.44. The SMILES string of the molecule is Cc1ccc(C)c(CN2CCCC2(C)C(=O)O)c1. The lowest BCUT2D eigenvalue weighted by Gasteiger charge is -2.31. The van der Waals surface area contributed by atoms with E-state index in [-0.39, 0.29) is 0 Å². The van der Waals surface area contributed by atoms with Crippen molar-refractivity contribution in [3.63, 3.8) is 0 Å². The minimum absolute atomic E-state index is 0.698. The largest absolute Gasteiger partial charge is 0.480 e. The van der Waals surface area contributed by atoms with E-state index < -0.39 is 11.5 Å². The van der Waals surface area contributed by atoms with Crippen LogP contribution in [0.4, 0.5) is 0 Å². The van der Waals surface area contributed by atoms with Gasteiger partial charge in [-0.1, -0.05) is 23.8 Å². The van der Waals surface area contributed by atoms with Crippen molar-refractivity contribution in [2.75, 3.05) is 6.54 Å². The first kappa shape index (κ1) is 13.1. The molecule has 1 fully saturated rings. The quantitative estimate of drug-likeness (QED) is 0.892. The molecule has 3 heteroatoms. The van der Waals surface area contributed by atoms with Gasteiger partial charge in [-0.25, -0.2) is 0 Å². The number of aliphatic carboxylic acids is 1. The molecule has 1 aromatic carbocycles. The highest BCUT2D eigenvalue weighted by atomic mass is 16.4. The molecule has 1 atom stereocenters. The molecular formula is C15H21NO2. The van der Waals surface area contributed by atoms with Gasteiger partial charge in [0.2, 0.25) is 0 Å². The second kappa shape index (κ2) is 4.73. The third kappa shape index (κ3) is 2.27. The Labute approximate surface area is 108 Å². The topological polar surface area (TPSA) is 40.5 Å².